The summed E-state index contributed by atoms with van der Waals surface area (Å²) in [5.41, 5.74) is 1.61. The van der Waals surface area contributed by atoms with Crippen LogP contribution in [0.15, 0.2) is 83.3 Å². The second kappa shape index (κ2) is 12.1. The molecule has 1 atom stereocenters. The van der Waals surface area contributed by atoms with E-state index in [9.17, 15) is 22.4 Å². The molecule has 0 aromatic heterocycles. The Morgan fingerprint density at radius 1 is 0.972 bits per heavy atom. The second-order valence-corrected chi connectivity index (χ2v) is 11.0. The zero-order valence-corrected chi connectivity index (χ0v) is 22.3. The molecule has 0 radical (unpaired) electrons. The minimum absolute atomic E-state index is 0.0222. The molecule has 0 saturated carbocycles. The summed E-state index contributed by atoms with van der Waals surface area (Å²) in [6, 6.07) is 20.6. The topological polar surface area (TPSA) is 86.8 Å². The van der Waals surface area contributed by atoms with Gasteiger partial charge >= 0.3 is 0 Å². The molecule has 190 valence electrons. The van der Waals surface area contributed by atoms with E-state index in [1.165, 1.54) is 30.1 Å². The third kappa shape index (κ3) is 7.38. The quantitative estimate of drug-likeness (QED) is 0.399. The summed E-state index contributed by atoms with van der Waals surface area (Å²) >= 11 is 3.39. The van der Waals surface area contributed by atoms with Crippen molar-refractivity contribution in [1.82, 2.24) is 10.2 Å². The Balaban J connectivity index is 2.01. The molecule has 1 N–H and O–H groups in total. The third-order valence-electron chi connectivity index (χ3n) is 5.56. The molecule has 3 aromatic rings. The van der Waals surface area contributed by atoms with Crippen LogP contribution in [0, 0.1) is 5.82 Å². The molecule has 0 heterocycles. The molecule has 0 aliphatic heterocycles. The van der Waals surface area contributed by atoms with Gasteiger partial charge in [0.1, 0.15) is 18.4 Å². The van der Waals surface area contributed by atoms with E-state index in [4.69, 9.17) is 0 Å². The molecule has 0 spiro atoms. The molecule has 0 aliphatic carbocycles. The lowest BCUT2D eigenvalue weighted by Crippen LogP contribution is -2.52. The number of amides is 2. The molecule has 7 nitrogen and oxygen atoms in total. The van der Waals surface area contributed by atoms with Crippen molar-refractivity contribution in [2.75, 3.05) is 24.2 Å². The Morgan fingerprint density at radius 2 is 1.64 bits per heavy atom. The number of likely N-dealkylation sites (N-methyl/N-ethyl adjacent to an activating group) is 1. The molecule has 0 bridgehead atoms. The lowest BCUT2D eigenvalue weighted by molar-refractivity contribution is -0.139. The summed E-state index contributed by atoms with van der Waals surface area (Å²) in [6.45, 7) is -0.529. The van der Waals surface area contributed by atoms with E-state index in [1.807, 2.05) is 54.6 Å². The lowest BCUT2D eigenvalue weighted by Gasteiger charge is -2.33. The van der Waals surface area contributed by atoms with Crippen LogP contribution in [0.3, 0.4) is 0 Å². The number of anilines is 1. The number of hydrogen-bond donors (Lipinski definition) is 1. The maximum absolute atomic E-state index is 13.9. The first kappa shape index (κ1) is 27.3. The highest BCUT2D eigenvalue weighted by Gasteiger charge is 2.32. The van der Waals surface area contributed by atoms with Crippen molar-refractivity contribution in [3.05, 3.63) is 100 Å². The number of hydrogen-bond acceptors (Lipinski definition) is 4. The highest BCUT2D eigenvalue weighted by Crippen LogP contribution is 2.21. The summed E-state index contributed by atoms with van der Waals surface area (Å²) in [5, 5.41) is 2.62. The van der Waals surface area contributed by atoms with Crippen LogP contribution in [0.4, 0.5) is 10.1 Å². The summed E-state index contributed by atoms with van der Waals surface area (Å²) in [7, 11) is -2.46. The van der Waals surface area contributed by atoms with Gasteiger partial charge in [0.25, 0.3) is 0 Å². The van der Waals surface area contributed by atoms with Gasteiger partial charge in [0.15, 0.2) is 0 Å². The predicted octanol–water partition coefficient (Wildman–Crippen LogP) is 3.74. The SMILES string of the molecule is CNC(=O)[C@@H](Cc1ccccc1)N(Cc1ccc(Br)cc1)C(=O)CN(c1cccc(F)c1)S(C)(=O)=O. The molecule has 0 aliphatic rings. The van der Waals surface area contributed by atoms with Gasteiger partial charge in [0, 0.05) is 24.5 Å². The van der Waals surface area contributed by atoms with Gasteiger partial charge in [0.05, 0.1) is 11.9 Å². The van der Waals surface area contributed by atoms with Crippen LogP contribution in [-0.2, 0) is 32.6 Å². The summed E-state index contributed by atoms with van der Waals surface area (Å²) in [4.78, 5) is 28.1. The smallest absolute Gasteiger partial charge is 0.244 e. The molecule has 0 fully saturated rings. The summed E-state index contributed by atoms with van der Waals surface area (Å²) in [5.74, 6) is -1.62. The first-order valence-corrected chi connectivity index (χ1v) is 13.8. The van der Waals surface area contributed by atoms with E-state index in [-0.39, 0.29) is 24.6 Å². The van der Waals surface area contributed by atoms with E-state index >= 15 is 0 Å². The van der Waals surface area contributed by atoms with E-state index in [1.54, 1.807) is 0 Å². The predicted molar refractivity (Wildman–Crippen MR) is 141 cm³/mol. The summed E-state index contributed by atoms with van der Waals surface area (Å²) in [6.07, 6.45) is 1.17. The highest BCUT2D eigenvalue weighted by atomic mass is 79.9. The second-order valence-electron chi connectivity index (χ2n) is 8.22. The molecule has 0 saturated heterocycles. The first-order valence-electron chi connectivity index (χ1n) is 11.1. The van der Waals surface area contributed by atoms with Crippen LogP contribution < -0.4 is 9.62 Å². The normalized spacial score (nSPS) is 12.0. The number of benzene rings is 3. The molecule has 36 heavy (non-hydrogen) atoms. The minimum atomic E-state index is -3.94. The highest BCUT2D eigenvalue weighted by molar-refractivity contribution is 9.10. The average molecular weight is 576 g/mol. The van der Waals surface area contributed by atoms with Crippen molar-refractivity contribution >= 4 is 43.5 Å². The van der Waals surface area contributed by atoms with Gasteiger partial charge in [-0.2, -0.15) is 0 Å². The van der Waals surface area contributed by atoms with Gasteiger partial charge in [-0.1, -0.05) is 64.5 Å². The van der Waals surface area contributed by atoms with E-state index in [0.29, 0.717) is 0 Å². The number of nitrogens with one attached hydrogen (secondary N) is 1. The maximum Gasteiger partial charge on any atom is 0.244 e. The molecular weight excluding hydrogens is 549 g/mol. The van der Waals surface area contributed by atoms with Gasteiger partial charge < -0.3 is 10.2 Å². The Labute approximate surface area is 219 Å². The Bertz CT molecular complexity index is 1300. The Kier molecular flexibility index (Phi) is 9.22. The molecule has 3 aromatic carbocycles. The average Bonchev–Trinajstić information content (AvgIpc) is 2.85. The Morgan fingerprint density at radius 3 is 2.22 bits per heavy atom. The molecule has 0 unspecified atom stereocenters. The van der Waals surface area contributed by atoms with Gasteiger partial charge in [-0.15, -0.1) is 0 Å². The van der Waals surface area contributed by atoms with Gasteiger partial charge in [-0.05, 0) is 41.5 Å². The number of carbonyl (C=O) groups is 2. The van der Waals surface area contributed by atoms with Crippen LogP contribution in [0.1, 0.15) is 11.1 Å². The molecular formula is C26H27BrFN3O4S. The fraction of sp³-hybridized carbons (Fsp3) is 0.231. The van der Waals surface area contributed by atoms with Crippen LogP contribution in [0.5, 0.6) is 0 Å². The van der Waals surface area contributed by atoms with Crippen molar-refractivity contribution in [2.24, 2.45) is 0 Å². The van der Waals surface area contributed by atoms with Crippen molar-refractivity contribution in [2.45, 2.75) is 19.0 Å². The van der Waals surface area contributed by atoms with E-state index in [0.717, 1.165) is 32.2 Å². The zero-order valence-electron chi connectivity index (χ0n) is 19.9. The standard InChI is InChI=1S/C26H27BrFN3O4S/c1-29-26(33)24(15-19-7-4-3-5-8-19)30(17-20-11-13-21(27)14-12-20)25(32)18-31(36(2,34)35)23-10-6-9-22(28)16-23/h3-14,16,24H,15,17-18H2,1-2H3,(H,29,33)/t24-/m1/s1. The van der Waals surface area contributed by atoms with Crippen molar-refractivity contribution in [3.63, 3.8) is 0 Å². The number of rotatable bonds is 10. The molecule has 2 amide bonds. The largest absolute Gasteiger partial charge is 0.357 e. The molecule has 3 rings (SSSR count). The zero-order chi connectivity index (χ0) is 26.3. The third-order valence-corrected chi connectivity index (χ3v) is 7.23. The van der Waals surface area contributed by atoms with Crippen LogP contribution >= 0.6 is 15.9 Å². The van der Waals surface area contributed by atoms with Crippen LogP contribution in [0.25, 0.3) is 0 Å². The number of sulfonamides is 1. The number of halogens is 2. The van der Waals surface area contributed by atoms with Crippen molar-refractivity contribution in [3.8, 4) is 0 Å². The lowest BCUT2D eigenvalue weighted by atomic mass is 10.0. The fourth-order valence-electron chi connectivity index (χ4n) is 3.75. The minimum Gasteiger partial charge on any atom is -0.357 e. The van der Waals surface area contributed by atoms with Crippen molar-refractivity contribution < 1.29 is 22.4 Å². The maximum atomic E-state index is 13.9. The number of nitrogens with zero attached hydrogens (tertiary/aromatic N) is 2. The van der Waals surface area contributed by atoms with E-state index < -0.39 is 34.3 Å². The molecule has 10 heteroatoms. The Hall–Kier alpha value is -3.24. The van der Waals surface area contributed by atoms with E-state index in [2.05, 4.69) is 21.2 Å². The first-order chi connectivity index (χ1) is 17.1. The van der Waals surface area contributed by atoms with Crippen LogP contribution in [-0.4, -0.2) is 51.0 Å². The number of carbonyl (C=O) groups excluding carboxylic acids is 2. The van der Waals surface area contributed by atoms with Crippen LogP contribution in [0.2, 0.25) is 0 Å². The van der Waals surface area contributed by atoms with Gasteiger partial charge in [-0.3, -0.25) is 13.9 Å². The summed E-state index contributed by atoms with van der Waals surface area (Å²) < 4.78 is 40.8. The fourth-order valence-corrected chi connectivity index (χ4v) is 4.86. The van der Waals surface area contributed by atoms with Crippen molar-refractivity contribution in [1.29, 1.82) is 0 Å². The van der Waals surface area contributed by atoms with Gasteiger partial charge in [-0.25, -0.2) is 12.8 Å². The monoisotopic (exact) mass is 575 g/mol. The van der Waals surface area contributed by atoms with Gasteiger partial charge in [0.2, 0.25) is 21.8 Å².